The zero-order valence-electron chi connectivity index (χ0n) is 27.4. The van der Waals surface area contributed by atoms with Crippen LogP contribution in [-0.4, -0.2) is 94.8 Å². The van der Waals surface area contributed by atoms with Crippen molar-refractivity contribution in [3.63, 3.8) is 0 Å². The maximum atomic E-state index is 12.7. The molecular formula is C33H52N2O9. The van der Waals surface area contributed by atoms with Crippen LogP contribution in [0.15, 0.2) is 36.0 Å². The van der Waals surface area contributed by atoms with E-state index in [2.05, 4.69) is 18.3 Å². The van der Waals surface area contributed by atoms with Gasteiger partial charge in [0.1, 0.15) is 23.9 Å². The Kier molecular flexibility index (Phi) is 14.2. The molecule has 0 aromatic rings. The first kappa shape index (κ1) is 37.6. The summed E-state index contributed by atoms with van der Waals surface area (Å²) in [6.07, 6.45) is 5.90. The number of nitrogens with one attached hydrogen (secondary N) is 1. The summed E-state index contributed by atoms with van der Waals surface area (Å²) in [6, 6.07) is 1.50. The van der Waals surface area contributed by atoms with Gasteiger partial charge in [0.05, 0.1) is 49.0 Å². The van der Waals surface area contributed by atoms with Crippen LogP contribution in [0.25, 0.3) is 0 Å². The summed E-state index contributed by atoms with van der Waals surface area (Å²) < 4.78 is 22.7. The third-order valence-corrected chi connectivity index (χ3v) is 8.59. The number of epoxide rings is 1. The quantitative estimate of drug-likeness (QED) is 0.0831. The van der Waals surface area contributed by atoms with Crippen LogP contribution in [0.5, 0.6) is 0 Å². The van der Waals surface area contributed by atoms with Crippen molar-refractivity contribution in [3.05, 3.63) is 36.0 Å². The second kappa shape index (κ2) is 16.6. The van der Waals surface area contributed by atoms with Crippen molar-refractivity contribution >= 4 is 11.9 Å². The molecule has 0 saturated carbocycles. The van der Waals surface area contributed by atoms with Crippen LogP contribution in [0.3, 0.4) is 0 Å². The summed E-state index contributed by atoms with van der Waals surface area (Å²) in [5.41, 5.74) is -2.20. The molecule has 44 heavy (non-hydrogen) atoms. The molecule has 0 spiro atoms. The molecule has 2 aliphatic rings. The van der Waals surface area contributed by atoms with Gasteiger partial charge in [-0.2, -0.15) is 5.26 Å². The average molecular weight is 621 g/mol. The Morgan fingerprint density at radius 2 is 2.02 bits per heavy atom. The number of methoxy groups -OCH3 is 1. The lowest BCUT2D eigenvalue weighted by Gasteiger charge is -2.32. The summed E-state index contributed by atoms with van der Waals surface area (Å²) in [4.78, 5) is 24.5. The maximum Gasteiger partial charge on any atom is 0.309 e. The maximum absolute atomic E-state index is 12.7. The van der Waals surface area contributed by atoms with E-state index in [1.54, 1.807) is 51.3 Å². The molecule has 11 heteroatoms. The molecule has 1 saturated heterocycles. The van der Waals surface area contributed by atoms with Gasteiger partial charge in [0.2, 0.25) is 0 Å². The normalized spacial score (nSPS) is 34.3. The van der Waals surface area contributed by atoms with E-state index in [9.17, 15) is 30.2 Å². The van der Waals surface area contributed by atoms with Crippen LogP contribution in [0.2, 0.25) is 0 Å². The zero-order valence-corrected chi connectivity index (χ0v) is 27.4. The lowest BCUT2D eigenvalue weighted by Crippen LogP contribution is -2.52. The molecule has 2 unspecified atom stereocenters. The standard InChI is InChI=1S/C33H52N2O9/c1-9-25(41-8)22(4)29-30(44-29)31(35-18-17-34)33(7,40)15-10-11-20(2)28-21(3)12-13-26(42-23(5)36)32(6,39)16-14-24(37)19-27(38)43-28/h10-13,15,21-22,24-26,28-31,35,37,39-40H,9,14,16,18-19H2,1-8H3/b13-12+,15-10+,20-11+/t21-,22+,24+,25-,26-,28-,29+,30-,31?,32+,33?/m0/s1. The Hall–Kier alpha value is -2.59. The number of hydrogen-bond acceptors (Lipinski definition) is 11. The van der Waals surface area contributed by atoms with Crippen LogP contribution in [0.4, 0.5) is 0 Å². The monoisotopic (exact) mass is 620 g/mol. The molecule has 0 aromatic carbocycles. The number of hydrogen-bond donors (Lipinski definition) is 4. The molecule has 0 amide bonds. The largest absolute Gasteiger partial charge is 0.457 e. The molecule has 0 bridgehead atoms. The van der Waals surface area contributed by atoms with Gasteiger partial charge in [0, 0.05) is 25.9 Å². The number of aliphatic hydroxyl groups excluding tert-OH is 1. The molecule has 248 valence electrons. The summed E-state index contributed by atoms with van der Waals surface area (Å²) in [7, 11) is 1.67. The van der Waals surface area contributed by atoms with Crippen LogP contribution in [-0.2, 0) is 28.5 Å². The van der Waals surface area contributed by atoms with Gasteiger partial charge < -0.3 is 34.3 Å². The van der Waals surface area contributed by atoms with Gasteiger partial charge in [0.25, 0.3) is 0 Å². The van der Waals surface area contributed by atoms with Crippen LogP contribution >= 0.6 is 0 Å². The predicted molar refractivity (Wildman–Crippen MR) is 164 cm³/mol. The third-order valence-electron chi connectivity index (χ3n) is 8.59. The number of allylic oxidation sites excluding steroid dienone is 2. The minimum atomic E-state index is -1.46. The van der Waals surface area contributed by atoms with Gasteiger partial charge in [-0.3, -0.25) is 14.9 Å². The SMILES string of the molecule is CC[C@H](OC)[C@@H](C)[C@H]1O[C@@H]1C(NCC#N)C(C)(O)/C=C/C=C(\C)[C@@H]1OC(=O)C[C@H](O)CC[C@@](C)(O)[C@@H](OC(C)=O)/C=C/[C@@H]1C. The molecule has 4 N–H and O–H groups in total. The number of nitriles is 1. The van der Waals surface area contributed by atoms with Crippen molar-refractivity contribution < 1.29 is 43.9 Å². The number of carbonyl (C=O) groups excluding carboxylic acids is 2. The molecule has 11 nitrogen and oxygen atoms in total. The first-order chi connectivity index (χ1) is 20.6. The van der Waals surface area contributed by atoms with Crippen molar-refractivity contribution in [2.75, 3.05) is 13.7 Å². The summed E-state index contributed by atoms with van der Waals surface area (Å²) >= 11 is 0. The van der Waals surface area contributed by atoms with Gasteiger partial charge in [-0.05, 0) is 51.7 Å². The fourth-order valence-electron chi connectivity index (χ4n) is 5.83. The molecule has 2 aliphatic heterocycles. The lowest BCUT2D eigenvalue weighted by molar-refractivity contribution is -0.157. The Balaban J connectivity index is 2.31. The highest BCUT2D eigenvalue weighted by Gasteiger charge is 2.54. The van der Waals surface area contributed by atoms with Gasteiger partial charge >= 0.3 is 11.9 Å². The highest BCUT2D eigenvalue weighted by Crippen LogP contribution is 2.38. The Bertz CT molecular complexity index is 1090. The van der Waals surface area contributed by atoms with E-state index in [1.807, 2.05) is 13.8 Å². The number of rotatable bonds is 12. The van der Waals surface area contributed by atoms with Crippen molar-refractivity contribution in [1.29, 1.82) is 5.26 Å². The fraction of sp³-hybridized carbons (Fsp3) is 0.727. The molecule has 2 heterocycles. The van der Waals surface area contributed by atoms with E-state index in [0.717, 1.165) is 6.42 Å². The molecule has 0 radical (unpaired) electrons. The van der Waals surface area contributed by atoms with Crippen molar-refractivity contribution in [1.82, 2.24) is 5.32 Å². The summed E-state index contributed by atoms with van der Waals surface area (Å²) in [5.74, 6) is -1.44. The minimum absolute atomic E-state index is 0.00826. The number of carbonyl (C=O) groups is 2. The fourth-order valence-corrected chi connectivity index (χ4v) is 5.83. The molecule has 0 aromatic heterocycles. The number of cyclic esters (lactones) is 1. The van der Waals surface area contributed by atoms with Gasteiger partial charge in [0.15, 0.2) is 0 Å². The minimum Gasteiger partial charge on any atom is -0.457 e. The Labute approximate surface area is 261 Å². The van der Waals surface area contributed by atoms with Crippen LogP contribution in [0.1, 0.15) is 74.1 Å². The Morgan fingerprint density at radius 1 is 1.34 bits per heavy atom. The van der Waals surface area contributed by atoms with E-state index >= 15 is 0 Å². The van der Waals surface area contributed by atoms with Gasteiger partial charge in [-0.25, -0.2) is 0 Å². The van der Waals surface area contributed by atoms with E-state index in [4.69, 9.17) is 18.9 Å². The molecule has 11 atom stereocenters. The number of ether oxygens (including phenoxy) is 4. The first-order valence-corrected chi connectivity index (χ1v) is 15.4. The molecular weight excluding hydrogens is 568 g/mol. The molecule has 0 aliphatic carbocycles. The van der Waals surface area contributed by atoms with Gasteiger partial charge in [-0.1, -0.05) is 45.1 Å². The smallest absolute Gasteiger partial charge is 0.309 e. The van der Waals surface area contributed by atoms with Gasteiger partial charge in [-0.15, -0.1) is 0 Å². The molecule has 2 rings (SSSR count). The Morgan fingerprint density at radius 3 is 2.61 bits per heavy atom. The van der Waals surface area contributed by atoms with E-state index in [0.29, 0.717) is 5.57 Å². The molecule has 1 fully saturated rings. The highest BCUT2D eigenvalue weighted by molar-refractivity contribution is 5.70. The summed E-state index contributed by atoms with van der Waals surface area (Å²) in [5, 5.41) is 45.2. The van der Waals surface area contributed by atoms with E-state index < -0.39 is 53.4 Å². The van der Waals surface area contributed by atoms with E-state index in [-0.39, 0.29) is 50.0 Å². The van der Waals surface area contributed by atoms with Crippen molar-refractivity contribution in [2.45, 2.75) is 128 Å². The lowest BCUT2D eigenvalue weighted by atomic mass is 9.87. The average Bonchev–Trinajstić information content (AvgIpc) is 3.73. The topological polar surface area (TPSA) is 171 Å². The van der Waals surface area contributed by atoms with Crippen molar-refractivity contribution in [3.8, 4) is 6.07 Å². The zero-order chi connectivity index (χ0) is 33.2. The second-order valence-electron chi connectivity index (χ2n) is 12.6. The first-order valence-electron chi connectivity index (χ1n) is 15.4. The third kappa shape index (κ3) is 10.8. The van der Waals surface area contributed by atoms with Crippen molar-refractivity contribution in [2.24, 2.45) is 11.8 Å². The number of nitrogens with zero attached hydrogens (tertiary/aromatic N) is 1. The number of aliphatic hydroxyl groups is 3. The predicted octanol–water partition coefficient (Wildman–Crippen LogP) is 2.88. The summed E-state index contributed by atoms with van der Waals surface area (Å²) in [6.45, 7) is 12.2. The van der Waals surface area contributed by atoms with E-state index in [1.165, 1.54) is 13.8 Å². The highest BCUT2D eigenvalue weighted by atomic mass is 16.6. The van der Waals surface area contributed by atoms with Crippen LogP contribution < -0.4 is 5.32 Å². The second-order valence-corrected chi connectivity index (χ2v) is 12.6. The number of esters is 2. The van der Waals surface area contributed by atoms with Crippen LogP contribution in [0, 0.1) is 23.2 Å².